The standard InChI is InChI=1S/C13H16O/c1-2-9-3-8(1)12-4-10-6-14-7-11(10)5-13(9)12/h4-5,8-9,12-13H,1-3,6-7H2. The zero-order chi connectivity index (χ0) is 9.12. The molecule has 74 valence electrons. The zero-order valence-corrected chi connectivity index (χ0v) is 8.41. The second-order valence-corrected chi connectivity index (χ2v) is 5.36. The van der Waals surface area contributed by atoms with Crippen molar-refractivity contribution in [2.24, 2.45) is 23.7 Å². The average molecular weight is 188 g/mol. The Kier molecular flexibility index (Phi) is 1.38. The highest BCUT2D eigenvalue weighted by molar-refractivity contribution is 5.41. The molecule has 0 N–H and O–H groups in total. The van der Waals surface area contributed by atoms with Crippen LogP contribution in [-0.4, -0.2) is 13.2 Å². The van der Waals surface area contributed by atoms with Gasteiger partial charge in [0.1, 0.15) is 0 Å². The van der Waals surface area contributed by atoms with E-state index in [0.717, 1.165) is 36.9 Å². The van der Waals surface area contributed by atoms with Crippen molar-refractivity contribution in [3.8, 4) is 0 Å². The lowest BCUT2D eigenvalue weighted by molar-refractivity contribution is 0.215. The topological polar surface area (TPSA) is 9.23 Å². The molecular formula is C13H16O. The van der Waals surface area contributed by atoms with Crippen LogP contribution in [-0.2, 0) is 4.74 Å². The molecule has 3 fully saturated rings. The molecule has 0 spiro atoms. The van der Waals surface area contributed by atoms with E-state index in [-0.39, 0.29) is 0 Å². The first-order valence-electron chi connectivity index (χ1n) is 5.91. The van der Waals surface area contributed by atoms with Crippen molar-refractivity contribution < 1.29 is 4.74 Å². The van der Waals surface area contributed by atoms with Gasteiger partial charge in [0, 0.05) is 0 Å². The molecule has 4 unspecified atom stereocenters. The maximum atomic E-state index is 5.51. The number of fused-ring (bicyclic) bond motifs is 6. The lowest BCUT2D eigenvalue weighted by Crippen LogP contribution is -2.22. The molecule has 1 aliphatic heterocycles. The number of hydrogen-bond acceptors (Lipinski definition) is 1. The van der Waals surface area contributed by atoms with Gasteiger partial charge in [-0.2, -0.15) is 0 Å². The van der Waals surface area contributed by atoms with Crippen LogP contribution in [0.25, 0.3) is 0 Å². The molecule has 1 nitrogen and oxygen atoms in total. The van der Waals surface area contributed by atoms with Crippen LogP contribution in [0, 0.1) is 23.7 Å². The largest absolute Gasteiger partial charge is 0.372 e. The van der Waals surface area contributed by atoms with Gasteiger partial charge < -0.3 is 4.74 Å². The van der Waals surface area contributed by atoms with Gasteiger partial charge in [0.25, 0.3) is 0 Å². The minimum absolute atomic E-state index is 0.881. The van der Waals surface area contributed by atoms with Crippen molar-refractivity contribution in [1.82, 2.24) is 0 Å². The highest BCUT2D eigenvalue weighted by Crippen LogP contribution is 2.55. The van der Waals surface area contributed by atoms with Crippen LogP contribution in [0.4, 0.5) is 0 Å². The van der Waals surface area contributed by atoms with Crippen molar-refractivity contribution in [3.05, 3.63) is 23.3 Å². The smallest absolute Gasteiger partial charge is 0.0721 e. The SMILES string of the molecule is C1=C2COCC2=CC2C3CCC(C3)C12. The van der Waals surface area contributed by atoms with Crippen LogP contribution in [0.1, 0.15) is 19.3 Å². The third-order valence-electron chi connectivity index (χ3n) is 4.76. The Morgan fingerprint density at radius 2 is 1.50 bits per heavy atom. The number of rotatable bonds is 0. The summed E-state index contributed by atoms with van der Waals surface area (Å²) in [5, 5.41) is 0. The Morgan fingerprint density at radius 3 is 2.07 bits per heavy atom. The fraction of sp³-hybridized carbons (Fsp3) is 0.692. The summed E-state index contributed by atoms with van der Waals surface area (Å²) in [6.45, 7) is 1.76. The van der Waals surface area contributed by atoms with E-state index in [1.807, 2.05) is 0 Å². The molecule has 4 aliphatic rings. The van der Waals surface area contributed by atoms with Crippen molar-refractivity contribution >= 4 is 0 Å². The molecule has 2 saturated carbocycles. The normalized spacial score (nSPS) is 48.6. The van der Waals surface area contributed by atoms with Crippen LogP contribution < -0.4 is 0 Å². The summed E-state index contributed by atoms with van der Waals surface area (Å²) in [6, 6.07) is 0. The Bertz CT molecular complexity index is 307. The van der Waals surface area contributed by atoms with Gasteiger partial charge in [-0.1, -0.05) is 12.2 Å². The van der Waals surface area contributed by atoms with Crippen molar-refractivity contribution in [2.75, 3.05) is 13.2 Å². The molecule has 3 aliphatic carbocycles. The summed E-state index contributed by atoms with van der Waals surface area (Å²) in [6.07, 6.45) is 9.58. The molecule has 1 heterocycles. The summed E-state index contributed by atoms with van der Waals surface area (Å²) < 4.78 is 5.51. The first kappa shape index (κ1) is 7.70. The molecule has 0 aromatic carbocycles. The second-order valence-electron chi connectivity index (χ2n) is 5.36. The van der Waals surface area contributed by atoms with Crippen molar-refractivity contribution in [3.63, 3.8) is 0 Å². The molecule has 4 rings (SSSR count). The zero-order valence-electron chi connectivity index (χ0n) is 8.41. The summed E-state index contributed by atoms with van der Waals surface area (Å²) in [4.78, 5) is 0. The van der Waals surface area contributed by atoms with Crippen molar-refractivity contribution in [1.29, 1.82) is 0 Å². The quantitative estimate of drug-likeness (QED) is 0.567. The Hall–Kier alpha value is -0.560. The highest BCUT2D eigenvalue weighted by Gasteiger charge is 2.47. The van der Waals surface area contributed by atoms with E-state index in [2.05, 4.69) is 12.2 Å². The lowest BCUT2D eigenvalue weighted by Gasteiger charge is -2.30. The minimum atomic E-state index is 0.881. The molecule has 1 heteroatoms. The van der Waals surface area contributed by atoms with Crippen LogP contribution in [0.2, 0.25) is 0 Å². The van der Waals surface area contributed by atoms with Gasteiger partial charge in [-0.25, -0.2) is 0 Å². The molecule has 2 bridgehead atoms. The van der Waals surface area contributed by atoms with Gasteiger partial charge in [0.15, 0.2) is 0 Å². The minimum Gasteiger partial charge on any atom is -0.372 e. The third kappa shape index (κ3) is 0.844. The van der Waals surface area contributed by atoms with Gasteiger partial charge in [-0.3, -0.25) is 0 Å². The predicted octanol–water partition coefficient (Wildman–Crippen LogP) is 2.55. The van der Waals surface area contributed by atoms with E-state index < -0.39 is 0 Å². The van der Waals surface area contributed by atoms with Gasteiger partial charge in [-0.15, -0.1) is 0 Å². The van der Waals surface area contributed by atoms with E-state index in [4.69, 9.17) is 4.74 Å². The molecule has 0 aromatic rings. The number of ether oxygens (including phenoxy) is 1. The van der Waals surface area contributed by atoms with E-state index in [0.29, 0.717) is 0 Å². The van der Waals surface area contributed by atoms with Gasteiger partial charge in [0.2, 0.25) is 0 Å². The highest BCUT2D eigenvalue weighted by atomic mass is 16.5. The van der Waals surface area contributed by atoms with Crippen LogP contribution in [0.15, 0.2) is 23.3 Å². The van der Waals surface area contributed by atoms with Crippen LogP contribution in [0.3, 0.4) is 0 Å². The molecular weight excluding hydrogens is 172 g/mol. The number of allylic oxidation sites excluding steroid dienone is 2. The van der Waals surface area contributed by atoms with E-state index >= 15 is 0 Å². The third-order valence-corrected chi connectivity index (χ3v) is 4.76. The maximum Gasteiger partial charge on any atom is 0.0721 e. The Balaban J connectivity index is 1.77. The summed E-state index contributed by atoms with van der Waals surface area (Å²) >= 11 is 0. The summed E-state index contributed by atoms with van der Waals surface area (Å²) in [5.74, 6) is 3.79. The van der Waals surface area contributed by atoms with Crippen LogP contribution >= 0.6 is 0 Å². The molecule has 1 saturated heterocycles. The van der Waals surface area contributed by atoms with Gasteiger partial charge >= 0.3 is 0 Å². The van der Waals surface area contributed by atoms with E-state index in [1.165, 1.54) is 30.4 Å². The summed E-state index contributed by atoms with van der Waals surface area (Å²) in [5.41, 5.74) is 3.03. The predicted molar refractivity (Wildman–Crippen MR) is 54.8 cm³/mol. The Labute approximate surface area is 84.8 Å². The molecule has 4 atom stereocenters. The van der Waals surface area contributed by atoms with Crippen LogP contribution in [0.5, 0.6) is 0 Å². The van der Waals surface area contributed by atoms with E-state index in [9.17, 15) is 0 Å². The van der Waals surface area contributed by atoms with Crippen molar-refractivity contribution in [2.45, 2.75) is 19.3 Å². The number of hydrogen-bond donors (Lipinski definition) is 0. The van der Waals surface area contributed by atoms with Gasteiger partial charge in [-0.05, 0) is 54.1 Å². The van der Waals surface area contributed by atoms with Gasteiger partial charge in [0.05, 0.1) is 13.2 Å². The monoisotopic (exact) mass is 188 g/mol. The fourth-order valence-corrected chi connectivity index (χ4v) is 4.11. The maximum absolute atomic E-state index is 5.51. The first-order valence-corrected chi connectivity index (χ1v) is 5.91. The fourth-order valence-electron chi connectivity index (χ4n) is 4.11. The lowest BCUT2D eigenvalue weighted by atomic mass is 9.74. The summed E-state index contributed by atoms with van der Waals surface area (Å²) in [7, 11) is 0. The molecule has 0 amide bonds. The first-order chi connectivity index (χ1) is 6.92. The second kappa shape index (κ2) is 2.52. The molecule has 0 aromatic heterocycles. The average Bonchev–Trinajstić information content (AvgIpc) is 2.90. The van der Waals surface area contributed by atoms with E-state index in [1.54, 1.807) is 0 Å². The Morgan fingerprint density at radius 1 is 0.929 bits per heavy atom. The molecule has 0 radical (unpaired) electrons. The molecule has 14 heavy (non-hydrogen) atoms.